The van der Waals surface area contributed by atoms with E-state index in [1.165, 1.54) is 24.3 Å². The number of aromatic hydroxyl groups is 1. The van der Waals surface area contributed by atoms with Crippen LogP contribution in [0.3, 0.4) is 0 Å². The topological polar surface area (TPSA) is 127 Å². The van der Waals surface area contributed by atoms with Gasteiger partial charge in [-0.1, -0.05) is 23.7 Å². The molecule has 1 fully saturated rings. The number of carboxylic acids is 1. The van der Waals surface area contributed by atoms with Gasteiger partial charge in [-0.3, -0.25) is 4.79 Å². The van der Waals surface area contributed by atoms with Crippen LogP contribution in [-0.2, 0) is 14.6 Å². The van der Waals surface area contributed by atoms with Gasteiger partial charge in [0.1, 0.15) is 0 Å². The van der Waals surface area contributed by atoms with Gasteiger partial charge in [0.05, 0.1) is 27.7 Å². The number of rotatable bonds is 6. The van der Waals surface area contributed by atoms with Crippen molar-refractivity contribution in [1.29, 1.82) is 0 Å². The Kier molecular flexibility index (Phi) is 5.52. The van der Waals surface area contributed by atoms with Gasteiger partial charge >= 0.3 is 5.97 Å². The maximum Gasteiger partial charge on any atom is 0.306 e. The minimum atomic E-state index is -3.77. The number of ether oxygens (including phenoxy) is 1. The van der Waals surface area contributed by atoms with Crippen molar-refractivity contribution in [2.45, 2.75) is 23.0 Å². The summed E-state index contributed by atoms with van der Waals surface area (Å²) in [5.41, 5.74) is 0. The third kappa shape index (κ3) is 4.14. The number of benzene rings is 1. The van der Waals surface area contributed by atoms with Crippen molar-refractivity contribution in [3.8, 4) is 11.8 Å². The van der Waals surface area contributed by atoms with Crippen molar-refractivity contribution in [2.24, 2.45) is 11.8 Å². The zero-order valence-electron chi connectivity index (χ0n) is 14.0. The van der Waals surface area contributed by atoms with Gasteiger partial charge in [0.15, 0.2) is 9.84 Å². The minimum Gasteiger partial charge on any atom is -0.492 e. The Morgan fingerprint density at radius 1 is 1.19 bits per heavy atom. The molecule has 1 aromatic carbocycles. The molecule has 0 bridgehead atoms. The van der Waals surface area contributed by atoms with E-state index in [0.717, 1.165) is 0 Å². The van der Waals surface area contributed by atoms with Crippen molar-refractivity contribution in [1.82, 2.24) is 10.2 Å². The quantitative estimate of drug-likeness (QED) is 0.738. The van der Waals surface area contributed by atoms with Crippen molar-refractivity contribution < 1.29 is 28.2 Å². The smallest absolute Gasteiger partial charge is 0.306 e. The number of sulfone groups is 1. The second-order valence-corrected chi connectivity index (χ2v) is 8.92. The Labute approximate surface area is 160 Å². The molecule has 0 amide bonds. The van der Waals surface area contributed by atoms with E-state index < -0.39 is 32.9 Å². The molecule has 10 heteroatoms. The molecule has 1 saturated carbocycles. The summed E-state index contributed by atoms with van der Waals surface area (Å²) in [4.78, 5) is 11.6. The highest BCUT2D eigenvalue weighted by molar-refractivity contribution is 7.92. The van der Waals surface area contributed by atoms with Gasteiger partial charge in [-0.25, -0.2) is 8.42 Å². The number of carbonyl (C=O) groups is 1. The molecular weight excluding hydrogens is 396 g/mol. The Bertz CT molecular complexity index is 935. The molecule has 3 rings (SSSR count). The normalized spacial score (nSPS) is 22.5. The molecule has 1 unspecified atom stereocenters. The maximum absolute atomic E-state index is 12.9. The van der Waals surface area contributed by atoms with Gasteiger partial charge in [-0.05, 0) is 25.0 Å². The lowest BCUT2D eigenvalue weighted by molar-refractivity contribution is -0.143. The Morgan fingerprint density at radius 2 is 1.93 bits per heavy atom. The van der Waals surface area contributed by atoms with E-state index in [0.29, 0.717) is 0 Å². The highest BCUT2D eigenvalue weighted by Crippen LogP contribution is 2.40. The molecule has 1 aromatic heterocycles. The van der Waals surface area contributed by atoms with Crippen molar-refractivity contribution >= 4 is 27.4 Å². The average Bonchev–Trinajstić information content (AvgIpc) is 3.07. The van der Waals surface area contributed by atoms with Gasteiger partial charge in [0.25, 0.3) is 0 Å². The fourth-order valence-corrected chi connectivity index (χ4v) is 5.64. The van der Waals surface area contributed by atoms with Gasteiger partial charge in [0, 0.05) is 18.1 Å². The van der Waals surface area contributed by atoms with Crippen LogP contribution in [-0.4, -0.2) is 46.7 Å². The molecule has 1 aliphatic rings. The van der Waals surface area contributed by atoms with Crippen molar-refractivity contribution in [2.75, 3.05) is 6.61 Å². The van der Waals surface area contributed by atoms with Gasteiger partial charge < -0.3 is 14.9 Å². The first-order valence-electron chi connectivity index (χ1n) is 8.15. The van der Waals surface area contributed by atoms with Crippen LogP contribution in [0, 0.1) is 11.8 Å². The Hall–Kier alpha value is -2.39. The molecule has 0 aliphatic heterocycles. The maximum atomic E-state index is 12.9. The third-order valence-corrected chi connectivity index (χ3v) is 7.30. The average molecular weight is 413 g/mol. The molecule has 1 heterocycles. The molecule has 27 heavy (non-hydrogen) atoms. The SMILES string of the molecule is O=C(O)[C@@H]1CC(S(=O)(=O)c2ccccc2Cl)C[C@H]1COc1ccc(O)nn1. The lowest BCUT2D eigenvalue weighted by Crippen LogP contribution is -2.23. The Balaban J connectivity index is 1.77. The van der Waals surface area contributed by atoms with Crippen LogP contribution in [0.25, 0.3) is 0 Å². The second-order valence-electron chi connectivity index (χ2n) is 6.31. The standard InChI is InChI=1S/C17H17ClN2O6S/c18-13-3-1-2-4-14(13)27(24,25)11-7-10(12(8-11)17(22)23)9-26-16-6-5-15(21)19-20-16/h1-6,10-12H,7-9H2,(H,19,21)(H,22,23)/t10-,11?,12+/m0/s1. The first-order valence-corrected chi connectivity index (χ1v) is 10.1. The minimum absolute atomic E-state index is 0.00627. The summed E-state index contributed by atoms with van der Waals surface area (Å²) in [6, 6.07) is 8.80. The summed E-state index contributed by atoms with van der Waals surface area (Å²) in [5, 5.41) is 24.9. The molecule has 0 saturated heterocycles. The first-order chi connectivity index (χ1) is 12.8. The van der Waals surface area contributed by atoms with Crippen LogP contribution in [0.5, 0.6) is 11.8 Å². The highest BCUT2D eigenvalue weighted by atomic mass is 35.5. The molecule has 0 radical (unpaired) electrons. The van der Waals surface area contributed by atoms with E-state index in [4.69, 9.17) is 21.4 Å². The molecule has 2 N–H and O–H groups in total. The lowest BCUT2D eigenvalue weighted by Gasteiger charge is -2.15. The number of aliphatic carboxylic acids is 1. The van der Waals surface area contributed by atoms with Crippen LogP contribution >= 0.6 is 11.6 Å². The molecule has 8 nitrogen and oxygen atoms in total. The number of aromatic nitrogens is 2. The van der Waals surface area contributed by atoms with E-state index in [1.54, 1.807) is 12.1 Å². The van der Waals surface area contributed by atoms with Crippen LogP contribution < -0.4 is 4.74 Å². The fourth-order valence-electron chi connectivity index (χ4n) is 3.25. The van der Waals surface area contributed by atoms with Gasteiger partial charge in [-0.15, -0.1) is 10.2 Å². The number of halogens is 1. The largest absolute Gasteiger partial charge is 0.492 e. The van der Waals surface area contributed by atoms with E-state index in [9.17, 15) is 18.3 Å². The third-order valence-electron chi connectivity index (χ3n) is 4.62. The number of carboxylic acid groups (broad SMARTS) is 1. The first kappa shape index (κ1) is 19.4. The second kappa shape index (κ2) is 7.69. The van der Waals surface area contributed by atoms with Crippen LogP contribution in [0.4, 0.5) is 0 Å². The molecule has 3 atom stereocenters. The number of hydrogen-bond acceptors (Lipinski definition) is 7. The zero-order chi connectivity index (χ0) is 19.6. The number of nitrogens with zero attached hydrogens (tertiary/aromatic N) is 2. The van der Waals surface area contributed by atoms with E-state index in [-0.39, 0.29) is 41.1 Å². The lowest BCUT2D eigenvalue weighted by atomic mass is 9.97. The zero-order valence-corrected chi connectivity index (χ0v) is 15.6. The summed E-state index contributed by atoms with van der Waals surface area (Å²) < 4.78 is 31.3. The summed E-state index contributed by atoms with van der Waals surface area (Å²) in [5.74, 6) is -2.60. The van der Waals surface area contributed by atoms with E-state index in [1.807, 2.05) is 0 Å². The summed E-state index contributed by atoms with van der Waals surface area (Å²) in [6.45, 7) is -0.0229. The van der Waals surface area contributed by atoms with E-state index in [2.05, 4.69) is 10.2 Å². The summed E-state index contributed by atoms with van der Waals surface area (Å²) >= 11 is 6.02. The van der Waals surface area contributed by atoms with E-state index >= 15 is 0 Å². The number of hydrogen-bond donors (Lipinski definition) is 2. The summed E-state index contributed by atoms with van der Waals surface area (Å²) in [6.07, 6.45) is 0.119. The monoisotopic (exact) mass is 412 g/mol. The summed E-state index contributed by atoms with van der Waals surface area (Å²) in [7, 11) is -3.77. The molecule has 1 aliphatic carbocycles. The molecule has 2 aromatic rings. The predicted molar refractivity (Wildman–Crippen MR) is 95.5 cm³/mol. The van der Waals surface area contributed by atoms with Gasteiger partial charge in [0.2, 0.25) is 11.8 Å². The fraction of sp³-hybridized carbons (Fsp3) is 0.353. The molecule has 0 spiro atoms. The molecular formula is C17H17ClN2O6S. The van der Waals surface area contributed by atoms with Gasteiger partial charge in [-0.2, -0.15) is 0 Å². The predicted octanol–water partition coefficient (Wildman–Crippen LogP) is 2.17. The van der Waals surface area contributed by atoms with Crippen molar-refractivity contribution in [3.05, 3.63) is 41.4 Å². The van der Waals surface area contributed by atoms with Crippen molar-refractivity contribution in [3.63, 3.8) is 0 Å². The highest BCUT2D eigenvalue weighted by Gasteiger charge is 2.45. The Morgan fingerprint density at radius 3 is 2.56 bits per heavy atom. The van der Waals surface area contributed by atoms with Crippen LogP contribution in [0.1, 0.15) is 12.8 Å². The van der Waals surface area contributed by atoms with Crippen LogP contribution in [0.2, 0.25) is 5.02 Å². The molecule has 144 valence electrons. The van der Waals surface area contributed by atoms with Crippen LogP contribution in [0.15, 0.2) is 41.3 Å².